The number of pyridine rings is 1. The Hall–Kier alpha value is -2.63. The van der Waals surface area contributed by atoms with Crippen LogP contribution in [0.1, 0.15) is 27.3 Å². The molecule has 0 saturated carbocycles. The minimum Gasteiger partial charge on any atom is -0.477 e. The topological polar surface area (TPSA) is 50.2 Å². The summed E-state index contributed by atoms with van der Waals surface area (Å²) in [6.07, 6.45) is -1.49. The average molecular weight is 293 g/mol. The second kappa shape index (κ2) is 5.78. The molecule has 0 spiro atoms. The third-order valence-corrected chi connectivity index (χ3v) is 2.65. The van der Waals surface area contributed by atoms with E-state index < -0.39 is 17.7 Å². The van der Waals surface area contributed by atoms with E-state index in [1.807, 2.05) is 0 Å². The Balaban J connectivity index is 2.25. The van der Waals surface area contributed by atoms with Crippen molar-refractivity contribution in [2.45, 2.75) is 6.18 Å². The molecule has 21 heavy (non-hydrogen) atoms. The van der Waals surface area contributed by atoms with Gasteiger partial charge < -0.3 is 5.11 Å². The second-order valence-electron chi connectivity index (χ2n) is 4.21. The zero-order valence-electron chi connectivity index (χ0n) is 10.6. The van der Waals surface area contributed by atoms with Crippen molar-refractivity contribution in [3.63, 3.8) is 0 Å². The maximum Gasteiger partial charge on any atom is 0.416 e. The molecule has 0 aliphatic carbocycles. The molecule has 1 N–H and O–H groups in total. The van der Waals surface area contributed by atoms with Crippen LogP contribution in [0.5, 0.6) is 0 Å². The van der Waals surface area contributed by atoms with Gasteiger partial charge in [-0.05, 0) is 35.9 Å². The number of aromatic carboxylic acids is 1. The summed E-state index contributed by atoms with van der Waals surface area (Å²) < 4.78 is 37.7. The largest absolute Gasteiger partial charge is 0.477 e. The molecule has 3 nitrogen and oxygen atoms in total. The maximum absolute atomic E-state index is 12.6. The van der Waals surface area contributed by atoms with Crippen LogP contribution in [0.3, 0.4) is 0 Å². The lowest BCUT2D eigenvalue weighted by molar-refractivity contribution is -0.137. The van der Waals surface area contributed by atoms with Crippen molar-refractivity contribution in [2.24, 2.45) is 0 Å². The fourth-order valence-electron chi connectivity index (χ4n) is 1.66. The standard InChI is InChI=1S/C15H10F3NO2/c16-15(17,18)11-4-1-3-10(9-11)7-8-12-5-2-6-13(19-12)14(20)21/h1-9H,(H,20,21)/b8-7+. The number of benzene rings is 1. The molecule has 0 unspecified atom stereocenters. The van der Waals surface area contributed by atoms with Gasteiger partial charge in [-0.15, -0.1) is 0 Å². The number of carboxylic acids is 1. The van der Waals surface area contributed by atoms with E-state index in [-0.39, 0.29) is 5.69 Å². The molecule has 1 aromatic carbocycles. The second-order valence-corrected chi connectivity index (χ2v) is 4.21. The highest BCUT2D eigenvalue weighted by Crippen LogP contribution is 2.29. The van der Waals surface area contributed by atoms with Crippen molar-refractivity contribution in [3.8, 4) is 0 Å². The van der Waals surface area contributed by atoms with Crippen LogP contribution in [0.2, 0.25) is 0 Å². The van der Waals surface area contributed by atoms with Crippen molar-refractivity contribution in [2.75, 3.05) is 0 Å². The molecule has 1 heterocycles. The van der Waals surface area contributed by atoms with Gasteiger partial charge in [-0.3, -0.25) is 0 Å². The molecule has 0 bridgehead atoms. The molecule has 0 amide bonds. The first-order valence-electron chi connectivity index (χ1n) is 5.92. The summed E-state index contributed by atoms with van der Waals surface area (Å²) in [4.78, 5) is 14.6. The lowest BCUT2D eigenvalue weighted by Crippen LogP contribution is -2.04. The Bertz CT molecular complexity index is 693. The van der Waals surface area contributed by atoms with Gasteiger partial charge in [0.1, 0.15) is 5.69 Å². The Morgan fingerprint density at radius 2 is 1.81 bits per heavy atom. The summed E-state index contributed by atoms with van der Waals surface area (Å²) in [7, 11) is 0. The minimum absolute atomic E-state index is 0.124. The quantitative estimate of drug-likeness (QED) is 0.931. The summed E-state index contributed by atoms with van der Waals surface area (Å²) in [6.45, 7) is 0. The molecule has 0 radical (unpaired) electrons. The Morgan fingerprint density at radius 3 is 2.48 bits per heavy atom. The van der Waals surface area contributed by atoms with E-state index in [1.165, 1.54) is 36.4 Å². The van der Waals surface area contributed by atoms with Crippen molar-refractivity contribution in [3.05, 3.63) is 65.0 Å². The number of alkyl halides is 3. The SMILES string of the molecule is O=C(O)c1cccc(/C=C/c2cccc(C(F)(F)F)c2)n1. The molecule has 0 aliphatic heterocycles. The van der Waals surface area contributed by atoms with Crippen molar-refractivity contribution >= 4 is 18.1 Å². The lowest BCUT2D eigenvalue weighted by Gasteiger charge is -2.06. The van der Waals surface area contributed by atoms with Crippen LogP contribution in [-0.2, 0) is 6.18 Å². The number of aromatic nitrogens is 1. The van der Waals surface area contributed by atoms with Gasteiger partial charge in [0.05, 0.1) is 11.3 Å². The number of nitrogens with zero attached hydrogens (tertiary/aromatic N) is 1. The molecule has 0 atom stereocenters. The summed E-state index contributed by atoms with van der Waals surface area (Å²) in [5.74, 6) is -1.16. The number of rotatable bonds is 3. The number of hydrogen-bond donors (Lipinski definition) is 1. The summed E-state index contributed by atoms with van der Waals surface area (Å²) >= 11 is 0. The van der Waals surface area contributed by atoms with Gasteiger partial charge in [-0.1, -0.05) is 24.3 Å². The fourth-order valence-corrected chi connectivity index (χ4v) is 1.66. The predicted molar refractivity (Wildman–Crippen MR) is 71.6 cm³/mol. The number of hydrogen-bond acceptors (Lipinski definition) is 2. The molecule has 108 valence electrons. The van der Waals surface area contributed by atoms with Crippen LogP contribution in [0.15, 0.2) is 42.5 Å². The molecule has 1 aromatic heterocycles. The predicted octanol–water partition coefficient (Wildman–Crippen LogP) is 3.97. The van der Waals surface area contributed by atoms with Crippen molar-refractivity contribution in [1.82, 2.24) is 4.98 Å². The van der Waals surface area contributed by atoms with Gasteiger partial charge in [0.15, 0.2) is 0 Å². The summed E-state index contributed by atoms with van der Waals surface area (Å²) in [5.41, 5.74) is -0.155. The Morgan fingerprint density at radius 1 is 1.10 bits per heavy atom. The highest BCUT2D eigenvalue weighted by molar-refractivity contribution is 5.85. The minimum atomic E-state index is -4.40. The van der Waals surface area contributed by atoms with Crippen LogP contribution < -0.4 is 0 Å². The van der Waals surface area contributed by atoms with Crippen LogP contribution in [-0.4, -0.2) is 16.1 Å². The first-order valence-corrected chi connectivity index (χ1v) is 5.92. The molecule has 0 fully saturated rings. The number of carbonyl (C=O) groups is 1. The normalized spacial score (nSPS) is 11.8. The van der Waals surface area contributed by atoms with E-state index in [4.69, 9.17) is 5.11 Å². The molecule has 0 aliphatic rings. The van der Waals surface area contributed by atoms with Crippen LogP contribution in [0.25, 0.3) is 12.2 Å². The summed E-state index contributed by atoms with van der Waals surface area (Å²) in [5, 5.41) is 8.81. The number of carboxylic acid groups (broad SMARTS) is 1. The first-order chi connectivity index (χ1) is 9.86. The Labute approximate surface area is 118 Å². The van der Waals surface area contributed by atoms with E-state index in [9.17, 15) is 18.0 Å². The fraction of sp³-hybridized carbons (Fsp3) is 0.0667. The van der Waals surface area contributed by atoms with E-state index >= 15 is 0 Å². The van der Waals surface area contributed by atoms with Gasteiger partial charge >= 0.3 is 12.1 Å². The smallest absolute Gasteiger partial charge is 0.416 e. The van der Waals surface area contributed by atoms with E-state index in [0.29, 0.717) is 11.3 Å². The van der Waals surface area contributed by atoms with Crippen molar-refractivity contribution < 1.29 is 23.1 Å². The zero-order valence-corrected chi connectivity index (χ0v) is 10.6. The van der Waals surface area contributed by atoms with E-state index in [2.05, 4.69) is 4.98 Å². The molecule has 0 saturated heterocycles. The van der Waals surface area contributed by atoms with Crippen molar-refractivity contribution in [1.29, 1.82) is 0 Å². The highest BCUT2D eigenvalue weighted by atomic mass is 19.4. The van der Waals surface area contributed by atoms with Crippen LogP contribution in [0.4, 0.5) is 13.2 Å². The van der Waals surface area contributed by atoms with Crippen LogP contribution >= 0.6 is 0 Å². The van der Waals surface area contributed by atoms with Gasteiger partial charge in [0.2, 0.25) is 0 Å². The van der Waals surface area contributed by atoms with E-state index in [1.54, 1.807) is 6.07 Å². The van der Waals surface area contributed by atoms with Crippen LogP contribution in [0, 0.1) is 0 Å². The Kier molecular flexibility index (Phi) is 4.07. The zero-order chi connectivity index (χ0) is 15.5. The van der Waals surface area contributed by atoms with Gasteiger partial charge in [-0.25, -0.2) is 9.78 Å². The lowest BCUT2D eigenvalue weighted by atomic mass is 10.1. The average Bonchev–Trinajstić information content (AvgIpc) is 2.45. The maximum atomic E-state index is 12.6. The van der Waals surface area contributed by atoms with Gasteiger partial charge in [0, 0.05) is 0 Å². The molecule has 6 heteroatoms. The molecular formula is C15H10F3NO2. The third-order valence-electron chi connectivity index (χ3n) is 2.65. The number of halogens is 3. The van der Waals surface area contributed by atoms with Gasteiger partial charge in [-0.2, -0.15) is 13.2 Å². The molecular weight excluding hydrogens is 283 g/mol. The van der Waals surface area contributed by atoms with E-state index in [0.717, 1.165) is 12.1 Å². The monoisotopic (exact) mass is 293 g/mol. The third kappa shape index (κ3) is 3.92. The molecule has 2 rings (SSSR count). The molecule has 2 aromatic rings. The highest BCUT2D eigenvalue weighted by Gasteiger charge is 2.30. The first kappa shape index (κ1) is 14.8. The van der Waals surface area contributed by atoms with Gasteiger partial charge in [0.25, 0.3) is 0 Å². The summed E-state index contributed by atoms with van der Waals surface area (Å²) in [6, 6.07) is 9.25.